The standard InChI is InChI=1S/C33H43N3S2/c1-24(2)19-33(20-28-10-5-6-11-29(28)21-33)25(3)34-22-32-35-30(23-38-32)27-14-13-26(31(37)18-27)12-9-17-36-15-7-4-8-16-36/h5,10,13-14,18,23,34,37H,1,3-4,6-9,11-12,15-17,19-22H2,2H3. The van der Waals surface area contributed by atoms with E-state index in [1.54, 1.807) is 16.9 Å². The van der Waals surface area contributed by atoms with E-state index >= 15 is 0 Å². The topological polar surface area (TPSA) is 28.2 Å². The fourth-order valence-corrected chi connectivity index (χ4v) is 7.58. The molecule has 3 nitrogen and oxygen atoms in total. The minimum absolute atomic E-state index is 0.0377. The van der Waals surface area contributed by atoms with E-state index in [9.17, 15) is 0 Å². The minimum atomic E-state index is 0.0377. The van der Waals surface area contributed by atoms with Crippen LogP contribution in [0.5, 0.6) is 0 Å². The summed E-state index contributed by atoms with van der Waals surface area (Å²) in [6.45, 7) is 15.4. The molecule has 3 aliphatic rings. The Labute approximate surface area is 239 Å². The second-order valence-corrected chi connectivity index (χ2v) is 13.1. The lowest BCUT2D eigenvalue weighted by Crippen LogP contribution is -2.30. The molecule has 1 N–H and O–H groups in total. The summed E-state index contributed by atoms with van der Waals surface area (Å²) in [5, 5.41) is 6.94. The van der Waals surface area contributed by atoms with Gasteiger partial charge in [-0.1, -0.05) is 48.4 Å². The van der Waals surface area contributed by atoms with Crippen LogP contribution in [0, 0.1) is 5.41 Å². The summed E-state index contributed by atoms with van der Waals surface area (Å²) in [5.74, 6) is 0. The molecule has 1 atom stereocenters. The number of hydrogen-bond acceptors (Lipinski definition) is 5. The lowest BCUT2D eigenvalue weighted by atomic mass is 9.75. The Kier molecular flexibility index (Phi) is 8.97. The van der Waals surface area contributed by atoms with E-state index in [1.807, 2.05) is 0 Å². The molecule has 1 unspecified atom stereocenters. The van der Waals surface area contributed by atoms with Crippen LogP contribution in [0.2, 0.25) is 0 Å². The molecule has 0 bridgehead atoms. The van der Waals surface area contributed by atoms with Crippen molar-refractivity contribution in [2.24, 2.45) is 5.41 Å². The maximum absolute atomic E-state index is 4.96. The van der Waals surface area contributed by atoms with Crippen LogP contribution in [-0.2, 0) is 13.0 Å². The van der Waals surface area contributed by atoms with Crippen molar-refractivity contribution in [2.75, 3.05) is 19.6 Å². The number of rotatable bonds is 11. The number of likely N-dealkylation sites (tertiary alicyclic amines) is 1. The largest absolute Gasteiger partial charge is 0.382 e. The first-order chi connectivity index (χ1) is 18.4. The van der Waals surface area contributed by atoms with Gasteiger partial charge in [-0.15, -0.1) is 30.5 Å². The molecule has 38 heavy (non-hydrogen) atoms. The highest BCUT2D eigenvalue weighted by Gasteiger charge is 2.40. The normalized spacial score (nSPS) is 21.5. The molecule has 1 aromatic carbocycles. The van der Waals surface area contributed by atoms with Gasteiger partial charge in [0.05, 0.1) is 12.2 Å². The molecular formula is C33H43N3S2. The van der Waals surface area contributed by atoms with Crippen molar-refractivity contribution in [1.82, 2.24) is 15.2 Å². The van der Waals surface area contributed by atoms with Crippen LogP contribution in [0.25, 0.3) is 11.3 Å². The van der Waals surface area contributed by atoms with Gasteiger partial charge in [-0.25, -0.2) is 4.98 Å². The van der Waals surface area contributed by atoms with Gasteiger partial charge in [-0.05, 0) is 102 Å². The average molecular weight is 546 g/mol. The summed E-state index contributed by atoms with van der Waals surface area (Å²) in [6, 6.07) is 6.65. The zero-order valence-electron chi connectivity index (χ0n) is 23.0. The van der Waals surface area contributed by atoms with E-state index in [-0.39, 0.29) is 5.41 Å². The molecule has 1 aliphatic heterocycles. The van der Waals surface area contributed by atoms with Gasteiger partial charge in [-0.3, -0.25) is 0 Å². The number of piperidine rings is 1. The van der Waals surface area contributed by atoms with Crippen LogP contribution >= 0.6 is 24.0 Å². The van der Waals surface area contributed by atoms with Crippen LogP contribution in [0.4, 0.5) is 0 Å². The molecule has 1 fully saturated rings. The fourth-order valence-electron chi connectivity index (χ4n) is 6.51. The monoisotopic (exact) mass is 545 g/mol. The molecule has 5 heteroatoms. The van der Waals surface area contributed by atoms with Gasteiger partial charge in [0.1, 0.15) is 5.01 Å². The molecule has 2 heterocycles. The molecule has 2 aliphatic carbocycles. The Bertz CT molecular complexity index is 1230. The first-order valence-corrected chi connectivity index (χ1v) is 15.7. The van der Waals surface area contributed by atoms with Crippen molar-refractivity contribution >= 4 is 24.0 Å². The molecule has 0 spiro atoms. The van der Waals surface area contributed by atoms with Gasteiger partial charge in [0.2, 0.25) is 0 Å². The minimum Gasteiger partial charge on any atom is -0.382 e. The Balaban J connectivity index is 1.17. The Hall–Kier alpha value is -2.08. The molecule has 0 saturated carbocycles. The summed E-state index contributed by atoms with van der Waals surface area (Å²) < 4.78 is 0. The van der Waals surface area contributed by atoms with Crippen molar-refractivity contribution in [2.45, 2.75) is 82.6 Å². The molecule has 0 amide bonds. The highest BCUT2D eigenvalue weighted by atomic mass is 32.1. The second-order valence-electron chi connectivity index (χ2n) is 11.6. The number of nitrogens with zero attached hydrogens (tertiary/aromatic N) is 2. The smallest absolute Gasteiger partial charge is 0.112 e. The van der Waals surface area contributed by atoms with Gasteiger partial charge in [0.25, 0.3) is 0 Å². The Morgan fingerprint density at radius 2 is 2.03 bits per heavy atom. The zero-order valence-corrected chi connectivity index (χ0v) is 24.7. The van der Waals surface area contributed by atoms with Crippen molar-refractivity contribution in [3.63, 3.8) is 0 Å². The molecule has 0 radical (unpaired) electrons. The van der Waals surface area contributed by atoms with Crippen molar-refractivity contribution in [1.29, 1.82) is 0 Å². The Morgan fingerprint density at radius 1 is 1.18 bits per heavy atom. The molecule has 202 valence electrons. The maximum atomic E-state index is 4.96. The van der Waals surface area contributed by atoms with Gasteiger partial charge in [0, 0.05) is 27.0 Å². The molecule has 2 aromatic rings. The van der Waals surface area contributed by atoms with Gasteiger partial charge in [-0.2, -0.15) is 0 Å². The molecule has 1 aromatic heterocycles. The van der Waals surface area contributed by atoms with E-state index in [1.165, 1.54) is 68.4 Å². The van der Waals surface area contributed by atoms with E-state index in [0.29, 0.717) is 6.54 Å². The number of thiazole rings is 1. The lowest BCUT2D eigenvalue weighted by molar-refractivity contribution is 0.226. The summed E-state index contributed by atoms with van der Waals surface area (Å²) in [7, 11) is 0. The van der Waals surface area contributed by atoms with E-state index < -0.39 is 0 Å². The highest BCUT2D eigenvalue weighted by molar-refractivity contribution is 7.80. The van der Waals surface area contributed by atoms with Gasteiger partial charge < -0.3 is 10.2 Å². The van der Waals surface area contributed by atoms with Crippen LogP contribution in [0.15, 0.2) is 76.2 Å². The van der Waals surface area contributed by atoms with Crippen LogP contribution in [-0.4, -0.2) is 29.5 Å². The second kappa shape index (κ2) is 12.4. The predicted octanol–water partition coefficient (Wildman–Crippen LogP) is 8.51. The third kappa shape index (κ3) is 6.55. The van der Waals surface area contributed by atoms with Crippen molar-refractivity contribution in [3.8, 4) is 11.3 Å². The van der Waals surface area contributed by atoms with Crippen molar-refractivity contribution < 1.29 is 0 Å². The van der Waals surface area contributed by atoms with Crippen LogP contribution in [0.1, 0.15) is 75.3 Å². The first kappa shape index (κ1) is 27.5. The fraction of sp³-hybridized carbons (Fsp3) is 0.485. The number of allylic oxidation sites excluding steroid dienone is 6. The SMILES string of the molecule is C=C(C)CC1(C(=C)NCc2nc(-c3ccc(CCCN4CCCCC4)c(S)c3)cs2)CC2=C(CCC=C2)C1. The quantitative estimate of drug-likeness (QED) is 0.219. The summed E-state index contributed by atoms with van der Waals surface area (Å²) in [4.78, 5) is 8.66. The van der Waals surface area contributed by atoms with E-state index in [4.69, 9.17) is 17.6 Å². The van der Waals surface area contributed by atoms with Crippen LogP contribution < -0.4 is 5.32 Å². The average Bonchev–Trinajstić information content (AvgIpc) is 3.53. The molecule has 1 saturated heterocycles. The zero-order chi connectivity index (χ0) is 26.5. The predicted molar refractivity (Wildman–Crippen MR) is 166 cm³/mol. The van der Waals surface area contributed by atoms with Crippen molar-refractivity contribution in [3.05, 3.63) is 81.9 Å². The highest BCUT2D eigenvalue weighted by Crippen LogP contribution is 2.52. The summed E-state index contributed by atoms with van der Waals surface area (Å²) in [5.41, 5.74) is 9.06. The third-order valence-electron chi connectivity index (χ3n) is 8.50. The lowest BCUT2D eigenvalue weighted by Gasteiger charge is -2.33. The van der Waals surface area contributed by atoms with E-state index in [0.717, 1.165) is 59.0 Å². The van der Waals surface area contributed by atoms with Gasteiger partial charge in [0.15, 0.2) is 0 Å². The molecule has 5 rings (SSSR count). The number of thiol groups is 1. The first-order valence-electron chi connectivity index (χ1n) is 14.4. The van der Waals surface area contributed by atoms with Crippen LogP contribution in [0.3, 0.4) is 0 Å². The number of aryl methyl sites for hydroxylation is 1. The number of hydrogen-bond donors (Lipinski definition) is 2. The maximum Gasteiger partial charge on any atom is 0.112 e. The van der Waals surface area contributed by atoms with Gasteiger partial charge >= 0.3 is 0 Å². The summed E-state index contributed by atoms with van der Waals surface area (Å²) in [6.07, 6.45) is 16.6. The Morgan fingerprint density at radius 3 is 2.79 bits per heavy atom. The third-order valence-corrected chi connectivity index (χ3v) is 9.77. The number of aromatic nitrogens is 1. The number of benzene rings is 1. The number of nitrogens with one attached hydrogen (secondary N) is 1. The molecular weight excluding hydrogens is 503 g/mol. The summed E-state index contributed by atoms with van der Waals surface area (Å²) >= 11 is 6.55. The van der Waals surface area contributed by atoms with E-state index in [2.05, 4.69) is 66.0 Å².